The third-order valence-corrected chi connectivity index (χ3v) is 2.51. The van der Waals surface area contributed by atoms with E-state index in [9.17, 15) is 9.59 Å². The van der Waals surface area contributed by atoms with E-state index in [1.54, 1.807) is 31.2 Å². The molecule has 0 aliphatic rings. The Morgan fingerprint density at radius 3 is 2.60 bits per heavy atom. The van der Waals surface area contributed by atoms with Crippen molar-refractivity contribution >= 4 is 11.9 Å². The summed E-state index contributed by atoms with van der Waals surface area (Å²) < 4.78 is 14.9. The van der Waals surface area contributed by atoms with Crippen molar-refractivity contribution in [2.24, 2.45) is 0 Å². The van der Waals surface area contributed by atoms with Crippen molar-refractivity contribution in [1.29, 1.82) is 0 Å². The summed E-state index contributed by atoms with van der Waals surface area (Å²) in [7, 11) is 1.27. The third-order valence-electron chi connectivity index (χ3n) is 2.51. The first-order chi connectivity index (χ1) is 9.60. The maximum atomic E-state index is 11.9. The summed E-state index contributed by atoms with van der Waals surface area (Å²) in [5.74, 6) is -0.295. The van der Waals surface area contributed by atoms with E-state index >= 15 is 0 Å². The minimum Gasteiger partial charge on any atom is -0.469 e. The number of methoxy groups -OCH3 is 1. The minimum atomic E-state index is -0.631. The largest absolute Gasteiger partial charge is 0.469 e. The van der Waals surface area contributed by atoms with Crippen LogP contribution in [0.3, 0.4) is 0 Å². The van der Waals surface area contributed by atoms with Gasteiger partial charge in [-0.25, -0.2) is 9.78 Å². The summed E-state index contributed by atoms with van der Waals surface area (Å²) in [6, 6.07) is 8.63. The molecular weight excluding hydrogens is 262 g/mol. The second-order valence-electron chi connectivity index (χ2n) is 3.97. The maximum absolute atomic E-state index is 11.9. The first-order valence-electron chi connectivity index (χ1n) is 5.90. The Labute approximate surface area is 115 Å². The number of nitrogens with zero attached hydrogens (tertiary/aromatic N) is 1. The summed E-state index contributed by atoms with van der Waals surface area (Å²) in [6.07, 6.45) is -0.129. The van der Waals surface area contributed by atoms with Gasteiger partial charge >= 0.3 is 11.9 Å². The van der Waals surface area contributed by atoms with Gasteiger partial charge in [0, 0.05) is 0 Å². The van der Waals surface area contributed by atoms with Crippen molar-refractivity contribution < 1.29 is 23.5 Å². The topological polar surface area (TPSA) is 78.6 Å². The molecule has 0 unspecified atom stereocenters. The number of hydrogen-bond donors (Lipinski definition) is 0. The highest BCUT2D eigenvalue weighted by molar-refractivity contribution is 5.90. The Morgan fingerprint density at radius 1 is 1.25 bits per heavy atom. The Kier molecular flexibility index (Phi) is 4.14. The molecule has 1 heterocycles. The number of oxazole rings is 1. The van der Waals surface area contributed by atoms with Crippen LogP contribution >= 0.6 is 0 Å². The second kappa shape index (κ2) is 6.01. The molecule has 0 N–H and O–H groups in total. The smallest absolute Gasteiger partial charge is 0.366 e. The van der Waals surface area contributed by atoms with E-state index in [2.05, 4.69) is 9.72 Å². The molecule has 104 valence electrons. The molecule has 0 fully saturated rings. The number of carbonyl (C=O) groups excluding carboxylic acids is 2. The molecular formula is C14H13NO5. The van der Waals surface area contributed by atoms with E-state index in [1.807, 2.05) is 6.07 Å². The van der Waals surface area contributed by atoms with Gasteiger partial charge in [-0.05, 0) is 19.1 Å². The molecule has 1 aromatic carbocycles. The highest BCUT2D eigenvalue weighted by Gasteiger charge is 2.20. The molecule has 2 rings (SSSR count). The van der Waals surface area contributed by atoms with Gasteiger partial charge < -0.3 is 13.9 Å². The number of esters is 2. The molecule has 0 bridgehead atoms. The standard InChI is InChI=1S/C14H13NO5/c1-9-13(15-11(19-9)8-12(16)18-2)14(17)20-10-6-4-3-5-7-10/h3-7H,8H2,1-2H3. The van der Waals surface area contributed by atoms with Gasteiger partial charge in [0.1, 0.15) is 17.9 Å². The van der Waals surface area contributed by atoms with Crippen LogP contribution in [-0.2, 0) is 16.0 Å². The Morgan fingerprint density at radius 2 is 1.95 bits per heavy atom. The quantitative estimate of drug-likeness (QED) is 0.626. The molecule has 0 saturated heterocycles. The van der Waals surface area contributed by atoms with Crippen molar-refractivity contribution in [3.05, 3.63) is 47.7 Å². The summed E-state index contributed by atoms with van der Waals surface area (Å²) in [5, 5.41) is 0. The number of aryl methyl sites for hydroxylation is 1. The second-order valence-corrected chi connectivity index (χ2v) is 3.97. The summed E-state index contributed by atoms with van der Waals surface area (Å²) in [5.41, 5.74) is 0.0488. The molecule has 0 aliphatic carbocycles. The van der Waals surface area contributed by atoms with Crippen LogP contribution in [0.5, 0.6) is 5.75 Å². The number of para-hydroxylation sites is 1. The minimum absolute atomic E-state index is 0.0488. The summed E-state index contributed by atoms with van der Waals surface area (Å²) in [4.78, 5) is 27.0. The lowest BCUT2D eigenvalue weighted by Gasteiger charge is -2.01. The Balaban J connectivity index is 2.12. The zero-order chi connectivity index (χ0) is 14.5. The van der Waals surface area contributed by atoms with E-state index in [4.69, 9.17) is 9.15 Å². The molecule has 6 nitrogen and oxygen atoms in total. The van der Waals surface area contributed by atoms with Crippen LogP contribution in [0, 0.1) is 6.92 Å². The van der Waals surface area contributed by atoms with Crippen LogP contribution in [0.1, 0.15) is 22.1 Å². The van der Waals surface area contributed by atoms with Crippen LogP contribution in [0.25, 0.3) is 0 Å². The van der Waals surface area contributed by atoms with Crippen LogP contribution in [0.15, 0.2) is 34.7 Å². The number of carbonyl (C=O) groups is 2. The number of aromatic nitrogens is 1. The molecule has 6 heteroatoms. The van der Waals surface area contributed by atoms with Crippen LogP contribution in [0.2, 0.25) is 0 Å². The van der Waals surface area contributed by atoms with E-state index in [-0.39, 0.29) is 18.0 Å². The number of ether oxygens (including phenoxy) is 2. The van der Waals surface area contributed by atoms with Gasteiger partial charge in [0.2, 0.25) is 5.89 Å². The summed E-state index contributed by atoms with van der Waals surface area (Å²) in [6.45, 7) is 1.58. The molecule has 0 atom stereocenters. The summed E-state index contributed by atoms with van der Waals surface area (Å²) >= 11 is 0. The average Bonchev–Trinajstić information content (AvgIpc) is 2.80. The number of hydrogen-bond acceptors (Lipinski definition) is 6. The van der Waals surface area contributed by atoms with Gasteiger partial charge in [0.05, 0.1) is 7.11 Å². The van der Waals surface area contributed by atoms with Crippen LogP contribution in [0.4, 0.5) is 0 Å². The van der Waals surface area contributed by atoms with E-state index < -0.39 is 11.9 Å². The van der Waals surface area contributed by atoms with Crippen molar-refractivity contribution in [1.82, 2.24) is 4.98 Å². The fraction of sp³-hybridized carbons (Fsp3) is 0.214. The lowest BCUT2D eigenvalue weighted by Crippen LogP contribution is -2.11. The maximum Gasteiger partial charge on any atom is 0.366 e. The van der Waals surface area contributed by atoms with E-state index in [0.717, 1.165) is 0 Å². The monoisotopic (exact) mass is 275 g/mol. The van der Waals surface area contributed by atoms with E-state index in [0.29, 0.717) is 11.5 Å². The van der Waals surface area contributed by atoms with Gasteiger partial charge in [-0.15, -0.1) is 0 Å². The molecule has 2 aromatic rings. The molecule has 20 heavy (non-hydrogen) atoms. The highest BCUT2D eigenvalue weighted by atomic mass is 16.5. The van der Waals surface area contributed by atoms with Crippen molar-refractivity contribution in [3.8, 4) is 5.75 Å². The lowest BCUT2D eigenvalue weighted by atomic mass is 10.3. The Hall–Kier alpha value is -2.63. The van der Waals surface area contributed by atoms with Gasteiger partial charge in [-0.2, -0.15) is 0 Å². The molecule has 0 spiro atoms. The predicted molar refractivity (Wildman–Crippen MR) is 68.4 cm³/mol. The molecule has 1 aromatic heterocycles. The zero-order valence-corrected chi connectivity index (χ0v) is 11.1. The van der Waals surface area contributed by atoms with Crippen LogP contribution < -0.4 is 4.74 Å². The van der Waals surface area contributed by atoms with Crippen LogP contribution in [-0.4, -0.2) is 24.0 Å². The number of rotatable bonds is 4. The fourth-order valence-electron chi connectivity index (χ4n) is 1.56. The van der Waals surface area contributed by atoms with Gasteiger partial charge in [-0.3, -0.25) is 4.79 Å². The molecule has 0 aliphatic heterocycles. The van der Waals surface area contributed by atoms with E-state index in [1.165, 1.54) is 7.11 Å². The zero-order valence-electron chi connectivity index (χ0n) is 11.1. The normalized spacial score (nSPS) is 10.1. The predicted octanol–water partition coefficient (Wildman–Crippen LogP) is 1.92. The lowest BCUT2D eigenvalue weighted by molar-refractivity contribution is -0.140. The van der Waals surface area contributed by atoms with Crippen molar-refractivity contribution in [2.45, 2.75) is 13.3 Å². The highest BCUT2D eigenvalue weighted by Crippen LogP contribution is 2.15. The third kappa shape index (κ3) is 3.23. The first-order valence-corrected chi connectivity index (χ1v) is 5.90. The van der Waals surface area contributed by atoms with Gasteiger partial charge in [0.15, 0.2) is 5.69 Å². The Bertz CT molecular complexity index is 618. The first kappa shape index (κ1) is 13.8. The van der Waals surface area contributed by atoms with Gasteiger partial charge in [-0.1, -0.05) is 18.2 Å². The molecule has 0 saturated carbocycles. The fourth-order valence-corrected chi connectivity index (χ4v) is 1.56. The van der Waals surface area contributed by atoms with Crippen molar-refractivity contribution in [3.63, 3.8) is 0 Å². The number of benzene rings is 1. The molecule has 0 amide bonds. The molecule has 0 radical (unpaired) electrons. The van der Waals surface area contributed by atoms with Crippen molar-refractivity contribution in [2.75, 3.05) is 7.11 Å². The van der Waals surface area contributed by atoms with Gasteiger partial charge in [0.25, 0.3) is 0 Å². The SMILES string of the molecule is COC(=O)Cc1nc(C(=O)Oc2ccccc2)c(C)o1. The average molecular weight is 275 g/mol.